The monoisotopic (exact) mass is 355 g/mol. The van der Waals surface area contributed by atoms with Crippen LogP contribution < -0.4 is 11.1 Å². The fourth-order valence-corrected chi connectivity index (χ4v) is 3.14. The zero-order valence-electron chi connectivity index (χ0n) is 16.5. The highest BCUT2D eigenvalue weighted by atomic mass is 15.2. The van der Waals surface area contributed by atoms with Crippen LogP contribution in [0.2, 0.25) is 0 Å². The highest BCUT2D eigenvalue weighted by molar-refractivity contribution is 5.84. The Kier molecular flexibility index (Phi) is 7.39. The van der Waals surface area contributed by atoms with Crippen LogP contribution in [-0.4, -0.2) is 41.3 Å². The summed E-state index contributed by atoms with van der Waals surface area (Å²) in [6.45, 7) is 11.1. The van der Waals surface area contributed by atoms with Crippen molar-refractivity contribution in [3.63, 3.8) is 0 Å². The number of anilines is 1. The summed E-state index contributed by atoms with van der Waals surface area (Å²) < 4.78 is 0. The third-order valence-corrected chi connectivity index (χ3v) is 5.11. The predicted molar refractivity (Wildman–Crippen MR) is 111 cm³/mol. The molecule has 0 unspecified atom stereocenters. The molecule has 0 spiro atoms. The van der Waals surface area contributed by atoms with Crippen molar-refractivity contribution in [3.8, 4) is 0 Å². The van der Waals surface area contributed by atoms with Crippen molar-refractivity contribution in [2.75, 3.05) is 18.8 Å². The molecule has 4 N–H and O–H groups in total. The number of likely N-dealkylation sites (tertiary alicyclic amines) is 1. The predicted octanol–water partition coefficient (Wildman–Crippen LogP) is 3.82. The van der Waals surface area contributed by atoms with Gasteiger partial charge in [-0.25, -0.2) is 0 Å². The second-order valence-corrected chi connectivity index (χ2v) is 7.36. The van der Waals surface area contributed by atoms with Gasteiger partial charge in [0.15, 0.2) is 0 Å². The van der Waals surface area contributed by atoms with Gasteiger partial charge in [0.25, 0.3) is 0 Å². The fraction of sp³-hybridized carbons (Fsp3) is 0.524. The van der Waals surface area contributed by atoms with Crippen molar-refractivity contribution in [2.45, 2.75) is 59.0 Å². The molecule has 0 atom stereocenters. The first-order chi connectivity index (χ1) is 12.4. The van der Waals surface area contributed by atoms with Gasteiger partial charge in [-0.1, -0.05) is 18.6 Å². The van der Waals surface area contributed by atoms with Crippen molar-refractivity contribution in [1.82, 2.24) is 15.2 Å². The molecule has 0 aromatic carbocycles. The topological polar surface area (TPSA) is 78.0 Å². The van der Waals surface area contributed by atoms with Crippen molar-refractivity contribution < 1.29 is 0 Å². The smallest absolute Gasteiger partial charge is 0.103 e. The van der Waals surface area contributed by atoms with Crippen LogP contribution in [0.15, 0.2) is 30.1 Å². The lowest BCUT2D eigenvalue weighted by molar-refractivity contribution is 0.166. The number of nitrogens with two attached hydrogens (primary N) is 1. The molecule has 0 amide bonds. The molecular weight excluding hydrogens is 322 g/mol. The molecule has 0 aliphatic carbocycles. The molecular formula is C21H33N5. The number of hydrogen-bond donors (Lipinski definition) is 3. The van der Waals surface area contributed by atoms with E-state index in [0.717, 1.165) is 43.5 Å². The number of allylic oxidation sites excluding steroid dienone is 3. The van der Waals surface area contributed by atoms with E-state index in [2.05, 4.69) is 55.2 Å². The molecule has 1 aliphatic heterocycles. The summed E-state index contributed by atoms with van der Waals surface area (Å²) in [5.41, 5.74) is 10.5. The fourth-order valence-electron chi connectivity index (χ4n) is 3.14. The second kappa shape index (κ2) is 9.53. The van der Waals surface area contributed by atoms with Gasteiger partial charge in [-0.05, 0) is 51.7 Å². The van der Waals surface area contributed by atoms with Crippen molar-refractivity contribution in [1.29, 1.82) is 5.41 Å². The number of nitrogens with zero attached hydrogens (tertiary/aromatic N) is 2. The van der Waals surface area contributed by atoms with E-state index in [0.29, 0.717) is 23.5 Å². The quantitative estimate of drug-likeness (QED) is 0.513. The van der Waals surface area contributed by atoms with Gasteiger partial charge < -0.3 is 21.4 Å². The molecule has 1 aromatic rings. The summed E-state index contributed by atoms with van der Waals surface area (Å²) in [5, 5.41) is 11.0. The Labute approximate surface area is 157 Å². The Bertz CT molecular complexity index is 667. The van der Waals surface area contributed by atoms with Gasteiger partial charge in [0, 0.05) is 49.3 Å². The van der Waals surface area contributed by atoms with Crippen LogP contribution in [0.3, 0.4) is 0 Å². The Morgan fingerprint density at radius 1 is 1.42 bits per heavy atom. The number of aromatic nitrogens is 1. The molecule has 1 fully saturated rings. The number of nitrogens with one attached hydrogen (secondary N) is 2. The molecule has 0 radical (unpaired) electrons. The number of hydrogen-bond acceptors (Lipinski definition) is 5. The number of pyridine rings is 1. The lowest BCUT2D eigenvalue weighted by Crippen LogP contribution is -2.43. The van der Waals surface area contributed by atoms with E-state index < -0.39 is 0 Å². The van der Waals surface area contributed by atoms with Gasteiger partial charge in [0.1, 0.15) is 5.69 Å². The van der Waals surface area contributed by atoms with Gasteiger partial charge in [-0.3, -0.25) is 4.98 Å². The van der Waals surface area contributed by atoms with Crippen molar-refractivity contribution >= 4 is 17.5 Å². The lowest BCUT2D eigenvalue weighted by Gasteiger charge is -2.34. The maximum Gasteiger partial charge on any atom is 0.103 e. The largest absolute Gasteiger partial charge is 0.397 e. The van der Waals surface area contributed by atoms with E-state index in [4.69, 9.17) is 11.1 Å². The molecule has 26 heavy (non-hydrogen) atoms. The highest BCUT2D eigenvalue weighted by Gasteiger charge is 2.19. The summed E-state index contributed by atoms with van der Waals surface area (Å²) >= 11 is 0. The third-order valence-electron chi connectivity index (χ3n) is 5.11. The maximum atomic E-state index is 7.36. The molecule has 5 heteroatoms. The Hall–Kier alpha value is -2.14. The van der Waals surface area contributed by atoms with Crippen molar-refractivity contribution in [2.24, 2.45) is 0 Å². The van der Waals surface area contributed by atoms with E-state index in [1.54, 1.807) is 6.20 Å². The Morgan fingerprint density at radius 2 is 2.12 bits per heavy atom. The second-order valence-electron chi connectivity index (χ2n) is 7.36. The Balaban J connectivity index is 2.16. The first kappa shape index (κ1) is 20.2. The van der Waals surface area contributed by atoms with Crippen LogP contribution in [0, 0.1) is 5.41 Å². The molecule has 2 rings (SSSR count). The highest BCUT2D eigenvalue weighted by Crippen LogP contribution is 2.21. The average molecular weight is 356 g/mol. The molecule has 0 saturated carbocycles. The Morgan fingerprint density at radius 3 is 2.65 bits per heavy atom. The lowest BCUT2D eigenvalue weighted by atomic mass is 10.0. The van der Waals surface area contributed by atoms with E-state index in [9.17, 15) is 0 Å². The molecule has 1 saturated heterocycles. The van der Waals surface area contributed by atoms with Gasteiger partial charge in [0.05, 0.1) is 5.69 Å². The molecule has 1 aliphatic rings. The molecule has 1 aromatic heterocycles. The van der Waals surface area contributed by atoms with Crippen LogP contribution in [0.25, 0.3) is 5.57 Å². The minimum atomic E-state index is 0.501. The first-order valence-corrected chi connectivity index (χ1v) is 9.58. The first-order valence-electron chi connectivity index (χ1n) is 9.58. The van der Waals surface area contributed by atoms with Crippen LogP contribution in [-0.2, 0) is 0 Å². The average Bonchev–Trinajstić information content (AvgIpc) is 2.65. The minimum Gasteiger partial charge on any atom is -0.397 e. The summed E-state index contributed by atoms with van der Waals surface area (Å²) in [6, 6.07) is 3.03. The zero-order chi connectivity index (χ0) is 19.1. The van der Waals surface area contributed by atoms with Gasteiger partial charge in [0.2, 0.25) is 0 Å². The minimum absolute atomic E-state index is 0.501. The van der Waals surface area contributed by atoms with E-state index in [1.807, 2.05) is 6.07 Å². The van der Waals surface area contributed by atoms with E-state index >= 15 is 0 Å². The van der Waals surface area contributed by atoms with E-state index in [1.165, 1.54) is 11.8 Å². The molecule has 2 heterocycles. The SMILES string of the molecule is CC/C(C)=C\C(=C/NC1CCN(C(C)C)CC1)c1cnc(C=N)c(N)c1. The van der Waals surface area contributed by atoms with Crippen LogP contribution >= 0.6 is 0 Å². The van der Waals surface area contributed by atoms with Gasteiger partial charge in [-0.2, -0.15) is 0 Å². The molecule has 5 nitrogen and oxygen atoms in total. The normalized spacial score (nSPS) is 17.6. The standard InChI is InChI=1S/C21H33N5/c1-5-16(4)10-17(18-11-20(23)21(12-22)25-14-18)13-24-19-6-8-26(9-7-19)15(2)3/h10-15,19,22,24H,5-9,23H2,1-4H3/b16-10-,17-13+,22-12?. The van der Waals surface area contributed by atoms with Crippen LogP contribution in [0.5, 0.6) is 0 Å². The number of piperidine rings is 1. The summed E-state index contributed by atoms with van der Waals surface area (Å²) in [6.07, 6.45) is 10.6. The number of nitrogen functional groups attached to an aromatic ring is 1. The number of rotatable bonds is 7. The molecule has 0 bridgehead atoms. The van der Waals surface area contributed by atoms with Gasteiger partial charge in [-0.15, -0.1) is 0 Å². The third kappa shape index (κ3) is 5.43. The summed E-state index contributed by atoms with van der Waals surface area (Å²) in [5.74, 6) is 0. The maximum absolute atomic E-state index is 7.36. The van der Waals surface area contributed by atoms with Gasteiger partial charge >= 0.3 is 0 Å². The summed E-state index contributed by atoms with van der Waals surface area (Å²) in [7, 11) is 0. The van der Waals surface area contributed by atoms with E-state index in [-0.39, 0.29) is 0 Å². The summed E-state index contributed by atoms with van der Waals surface area (Å²) in [4.78, 5) is 6.83. The zero-order valence-corrected chi connectivity index (χ0v) is 16.5. The van der Waals surface area contributed by atoms with Crippen LogP contribution in [0.1, 0.15) is 58.2 Å². The molecule has 142 valence electrons. The van der Waals surface area contributed by atoms with Crippen molar-refractivity contribution in [3.05, 3.63) is 41.4 Å². The van der Waals surface area contributed by atoms with Crippen LogP contribution in [0.4, 0.5) is 5.69 Å².